The molecule has 1 aromatic rings. The number of hydrogen-bond acceptors (Lipinski definition) is 2. The topological polar surface area (TPSA) is 49.3 Å². The predicted molar refractivity (Wildman–Crippen MR) is 71.6 cm³/mol. The fraction of sp³-hybridized carbons (Fsp3) is 0.500. The van der Waals surface area contributed by atoms with E-state index in [1.807, 2.05) is 31.2 Å². The molecule has 98 valence electrons. The molecule has 18 heavy (non-hydrogen) atoms. The average Bonchev–Trinajstić information content (AvgIpc) is 3.10. The third kappa shape index (κ3) is 3.24. The van der Waals surface area contributed by atoms with Crippen LogP contribution in [0.1, 0.15) is 31.2 Å². The normalized spacial score (nSPS) is 23.5. The van der Waals surface area contributed by atoms with Gasteiger partial charge in [0.2, 0.25) is 5.91 Å². The molecular formula is C14H18ClNO2. The van der Waals surface area contributed by atoms with Crippen molar-refractivity contribution in [2.75, 3.05) is 6.61 Å². The summed E-state index contributed by atoms with van der Waals surface area (Å²) in [5.41, 5.74) is 1.18. The Morgan fingerprint density at radius 1 is 1.50 bits per heavy atom. The van der Waals surface area contributed by atoms with Crippen LogP contribution >= 0.6 is 11.6 Å². The minimum Gasteiger partial charge on any atom is -0.396 e. The molecule has 3 atom stereocenters. The lowest BCUT2D eigenvalue weighted by Gasteiger charge is -2.12. The van der Waals surface area contributed by atoms with E-state index < -0.39 is 0 Å². The standard InChI is InChI=1S/C14H18ClNO2/c1-9(6-7-17)16-14(18)13-8-12(13)10-2-4-11(15)5-3-10/h2-5,9,12-13,17H,6-8H2,1H3,(H,16,18)/t9-,12?,13?/m1/s1. The molecule has 0 spiro atoms. The van der Waals surface area contributed by atoms with Gasteiger partial charge in [-0.25, -0.2) is 0 Å². The molecule has 2 rings (SSSR count). The van der Waals surface area contributed by atoms with Crippen molar-refractivity contribution < 1.29 is 9.90 Å². The van der Waals surface area contributed by atoms with Crippen molar-refractivity contribution in [3.05, 3.63) is 34.9 Å². The van der Waals surface area contributed by atoms with Crippen molar-refractivity contribution in [3.63, 3.8) is 0 Å². The Kier molecular flexibility index (Phi) is 4.25. The summed E-state index contributed by atoms with van der Waals surface area (Å²) in [4.78, 5) is 11.9. The van der Waals surface area contributed by atoms with Crippen LogP contribution in [-0.4, -0.2) is 23.7 Å². The summed E-state index contributed by atoms with van der Waals surface area (Å²) in [6, 6.07) is 7.72. The number of halogens is 1. The molecule has 0 aromatic heterocycles. The molecule has 0 saturated heterocycles. The van der Waals surface area contributed by atoms with E-state index in [9.17, 15) is 4.79 Å². The van der Waals surface area contributed by atoms with Crippen LogP contribution in [0.4, 0.5) is 0 Å². The van der Waals surface area contributed by atoms with E-state index in [4.69, 9.17) is 16.7 Å². The van der Waals surface area contributed by atoms with E-state index in [2.05, 4.69) is 5.32 Å². The largest absolute Gasteiger partial charge is 0.396 e. The van der Waals surface area contributed by atoms with Crippen LogP contribution in [-0.2, 0) is 4.79 Å². The van der Waals surface area contributed by atoms with Crippen molar-refractivity contribution in [1.82, 2.24) is 5.32 Å². The van der Waals surface area contributed by atoms with Gasteiger partial charge in [-0.3, -0.25) is 4.79 Å². The van der Waals surface area contributed by atoms with Gasteiger partial charge in [0.15, 0.2) is 0 Å². The van der Waals surface area contributed by atoms with Crippen molar-refractivity contribution in [2.24, 2.45) is 5.92 Å². The van der Waals surface area contributed by atoms with Gasteiger partial charge in [-0.2, -0.15) is 0 Å². The summed E-state index contributed by atoms with van der Waals surface area (Å²) in [6.45, 7) is 2.01. The van der Waals surface area contributed by atoms with Gasteiger partial charge < -0.3 is 10.4 Å². The van der Waals surface area contributed by atoms with E-state index in [-0.39, 0.29) is 24.5 Å². The van der Waals surface area contributed by atoms with Gasteiger partial charge in [0.1, 0.15) is 0 Å². The molecular weight excluding hydrogens is 250 g/mol. The van der Waals surface area contributed by atoms with Crippen LogP contribution in [0, 0.1) is 5.92 Å². The lowest BCUT2D eigenvalue weighted by atomic mass is 10.1. The number of carbonyl (C=O) groups is 1. The number of benzene rings is 1. The van der Waals surface area contributed by atoms with E-state index in [0.717, 1.165) is 11.4 Å². The third-order valence-corrected chi connectivity index (χ3v) is 3.63. The van der Waals surface area contributed by atoms with E-state index in [0.29, 0.717) is 12.3 Å². The fourth-order valence-electron chi connectivity index (χ4n) is 2.18. The number of carbonyl (C=O) groups excluding carboxylic acids is 1. The van der Waals surface area contributed by atoms with E-state index in [1.165, 1.54) is 5.56 Å². The monoisotopic (exact) mass is 267 g/mol. The zero-order valence-electron chi connectivity index (χ0n) is 10.4. The van der Waals surface area contributed by atoms with Crippen LogP contribution in [0.3, 0.4) is 0 Å². The zero-order valence-corrected chi connectivity index (χ0v) is 11.2. The minimum atomic E-state index is 0.0361. The van der Waals surface area contributed by atoms with Crippen molar-refractivity contribution in [2.45, 2.75) is 31.7 Å². The number of aliphatic hydroxyl groups excluding tert-OH is 1. The Balaban J connectivity index is 1.87. The van der Waals surface area contributed by atoms with E-state index in [1.54, 1.807) is 0 Å². The van der Waals surface area contributed by atoms with Gasteiger partial charge >= 0.3 is 0 Å². The van der Waals surface area contributed by atoms with Gasteiger partial charge in [-0.05, 0) is 43.4 Å². The predicted octanol–water partition coefficient (Wildman–Crippen LogP) is 2.33. The second kappa shape index (κ2) is 5.72. The SMILES string of the molecule is C[C@H](CCO)NC(=O)C1CC1c1ccc(Cl)cc1. The number of rotatable bonds is 5. The minimum absolute atomic E-state index is 0.0361. The third-order valence-electron chi connectivity index (χ3n) is 3.38. The maximum absolute atomic E-state index is 11.9. The second-order valence-electron chi connectivity index (χ2n) is 4.92. The molecule has 2 unspecified atom stereocenters. The van der Waals surface area contributed by atoms with Crippen molar-refractivity contribution in [1.29, 1.82) is 0 Å². The fourth-order valence-corrected chi connectivity index (χ4v) is 2.30. The van der Waals surface area contributed by atoms with Crippen molar-refractivity contribution >= 4 is 17.5 Å². The Morgan fingerprint density at radius 3 is 2.78 bits per heavy atom. The summed E-state index contributed by atoms with van der Waals surface area (Å²) in [6.07, 6.45) is 1.50. The average molecular weight is 268 g/mol. The smallest absolute Gasteiger partial charge is 0.223 e. The Hall–Kier alpha value is -1.06. The van der Waals surface area contributed by atoms with Crippen LogP contribution in [0.25, 0.3) is 0 Å². The molecule has 0 heterocycles. The highest BCUT2D eigenvalue weighted by molar-refractivity contribution is 6.30. The molecule has 0 aliphatic heterocycles. The molecule has 4 heteroatoms. The number of amides is 1. The highest BCUT2D eigenvalue weighted by Crippen LogP contribution is 2.47. The lowest BCUT2D eigenvalue weighted by molar-refractivity contribution is -0.123. The summed E-state index contributed by atoms with van der Waals surface area (Å²) in [7, 11) is 0. The lowest BCUT2D eigenvalue weighted by Crippen LogP contribution is -2.34. The molecule has 0 radical (unpaired) electrons. The van der Waals surface area contributed by atoms with Gasteiger partial charge in [-0.15, -0.1) is 0 Å². The maximum atomic E-state index is 11.9. The number of aliphatic hydroxyl groups is 1. The first kappa shape index (κ1) is 13.4. The summed E-state index contributed by atoms with van der Waals surface area (Å²) < 4.78 is 0. The van der Waals surface area contributed by atoms with Gasteiger partial charge in [-0.1, -0.05) is 23.7 Å². The highest BCUT2D eigenvalue weighted by Gasteiger charge is 2.43. The first-order chi connectivity index (χ1) is 8.61. The number of hydrogen-bond donors (Lipinski definition) is 2. The van der Waals surface area contributed by atoms with Gasteiger partial charge in [0.05, 0.1) is 0 Å². The Labute approximate surface area is 112 Å². The van der Waals surface area contributed by atoms with Crippen molar-refractivity contribution in [3.8, 4) is 0 Å². The molecule has 0 bridgehead atoms. The Morgan fingerprint density at radius 2 is 2.17 bits per heavy atom. The molecule has 1 amide bonds. The Bertz CT molecular complexity index is 418. The highest BCUT2D eigenvalue weighted by atomic mass is 35.5. The van der Waals surface area contributed by atoms with Crippen LogP contribution in [0.15, 0.2) is 24.3 Å². The molecule has 3 nitrogen and oxygen atoms in total. The number of nitrogens with one attached hydrogen (secondary N) is 1. The summed E-state index contributed by atoms with van der Waals surface area (Å²) in [5.74, 6) is 0.492. The van der Waals surface area contributed by atoms with Crippen LogP contribution < -0.4 is 5.32 Å². The maximum Gasteiger partial charge on any atom is 0.223 e. The summed E-state index contributed by atoms with van der Waals surface area (Å²) >= 11 is 5.84. The molecule has 1 aromatic carbocycles. The molecule has 2 N–H and O–H groups in total. The van der Waals surface area contributed by atoms with E-state index >= 15 is 0 Å². The molecule has 1 saturated carbocycles. The van der Waals surface area contributed by atoms with Gasteiger partial charge in [0, 0.05) is 23.6 Å². The molecule has 1 aliphatic carbocycles. The molecule has 1 aliphatic rings. The molecule has 1 fully saturated rings. The van der Waals surface area contributed by atoms with Crippen LogP contribution in [0.2, 0.25) is 5.02 Å². The zero-order chi connectivity index (χ0) is 13.1. The van der Waals surface area contributed by atoms with Crippen LogP contribution in [0.5, 0.6) is 0 Å². The first-order valence-electron chi connectivity index (χ1n) is 6.28. The van der Waals surface area contributed by atoms with Gasteiger partial charge in [0.25, 0.3) is 0 Å². The first-order valence-corrected chi connectivity index (χ1v) is 6.66. The quantitative estimate of drug-likeness (QED) is 0.860. The second-order valence-corrected chi connectivity index (χ2v) is 5.36. The summed E-state index contributed by atoms with van der Waals surface area (Å²) in [5, 5.41) is 12.4.